The van der Waals surface area contributed by atoms with Crippen LogP contribution in [0.25, 0.3) is 0 Å². The molecule has 166 valence electrons. The lowest BCUT2D eigenvalue weighted by Gasteiger charge is -2.27. The van der Waals surface area contributed by atoms with Crippen LogP contribution < -0.4 is 19.6 Å². The summed E-state index contributed by atoms with van der Waals surface area (Å²) < 4.78 is 15.4. The van der Waals surface area contributed by atoms with E-state index >= 15 is 0 Å². The van der Waals surface area contributed by atoms with Crippen molar-refractivity contribution in [3.63, 3.8) is 0 Å². The standard InChI is InChI=1S/C24H24N2O6/c1-30-19-11-7-17(8-12-19)24(29,18-9-13-20(31-2)14-10-18)23(28)26-25-15-16-5-4-6-21(32-3)22(16)27/h4-15,27,29H,1-3H3,(H,26,28)/b25-15-. The van der Waals surface area contributed by atoms with E-state index in [0.29, 0.717) is 28.2 Å². The number of phenols is 1. The van der Waals surface area contributed by atoms with Gasteiger partial charge in [-0.3, -0.25) is 4.79 Å². The number of hydrazone groups is 1. The van der Waals surface area contributed by atoms with Crippen molar-refractivity contribution in [2.24, 2.45) is 5.10 Å². The van der Waals surface area contributed by atoms with Gasteiger partial charge in [-0.2, -0.15) is 5.10 Å². The summed E-state index contributed by atoms with van der Waals surface area (Å²) in [6.45, 7) is 0. The minimum absolute atomic E-state index is 0.117. The molecule has 0 aliphatic carbocycles. The van der Waals surface area contributed by atoms with E-state index in [1.165, 1.54) is 27.5 Å². The summed E-state index contributed by atoms with van der Waals surface area (Å²) in [5.74, 6) is 0.531. The van der Waals surface area contributed by atoms with Crippen LogP contribution in [0.15, 0.2) is 71.8 Å². The molecule has 8 heteroatoms. The Morgan fingerprint density at radius 2 is 1.41 bits per heavy atom. The molecular formula is C24H24N2O6. The SMILES string of the molecule is COc1ccc(C(O)(C(=O)N/N=C\c2cccc(OC)c2O)c2ccc(OC)cc2)cc1. The molecule has 0 radical (unpaired) electrons. The summed E-state index contributed by atoms with van der Waals surface area (Å²) in [6, 6.07) is 17.9. The molecule has 0 aromatic heterocycles. The second-order valence-corrected chi connectivity index (χ2v) is 6.76. The number of nitrogens with one attached hydrogen (secondary N) is 1. The lowest BCUT2D eigenvalue weighted by molar-refractivity contribution is -0.136. The summed E-state index contributed by atoms with van der Waals surface area (Å²) in [5.41, 5.74) is 1.28. The van der Waals surface area contributed by atoms with Crippen LogP contribution in [0.5, 0.6) is 23.0 Å². The van der Waals surface area contributed by atoms with E-state index in [1.807, 2.05) is 0 Å². The number of aliphatic hydroxyl groups is 1. The molecular weight excluding hydrogens is 412 g/mol. The summed E-state index contributed by atoms with van der Waals surface area (Å²) in [7, 11) is 4.49. The Bertz CT molecular complexity index is 1050. The summed E-state index contributed by atoms with van der Waals surface area (Å²) in [6.07, 6.45) is 1.26. The zero-order valence-corrected chi connectivity index (χ0v) is 17.9. The number of phenolic OH excluding ortho intramolecular Hbond substituents is 1. The van der Waals surface area contributed by atoms with E-state index in [9.17, 15) is 15.0 Å². The Morgan fingerprint density at radius 3 is 1.88 bits per heavy atom. The largest absolute Gasteiger partial charge is 0.504 e. The number of hydrogen-bond donors (Lipinski definition) is 3. The fourth-order valence-electron chi connectivity index (χ4n) is 3.14. The highest BCUT2D eigenvalue weighted by molar-refractivity contribution is 5.92. The van der Waals surface area contributed by atoms with Gasteiger partial charge in [0.1, 0.15) is 11.5 Å². The third-order valence-electron chi connectivity index (χ3n) is 4.96. The van der Waals surface area contributed by atoms with Crippen molar-refractivity contribution in [1.82, 2.24) is 5.43 Å². The first-order chi connectivity index (χ1) is 15.4. The normalized spacial score (nSPS) is 11.2. The van der Waals surface area contributed by atoms with Crippen LogP contribution in [0.4, 0.5) is 0 Å². The molecule has 0 spiro atoms. The van der Waals surface area contributed by atoms with Gasteiger partial charge in [-0.1, -0.05) is 30.3 Å². The molecule has 0 fully saturated rings. The van der Waals surface area contributed by atoms with Crippen molar-refractivity contribution in [1.29, 1.82) is 0 Å². The highest BCUT2D eigenvalue weighted by atomic mass is 16.5. The Balaban J connectivity index is 1.94. The maximum absolute atomic E-state index is 13.1. The molecule has 0 saturated carbocycles. The van der Waals surface area contributed by atoms with E-state index in [4.69, 9.17) is 14.2 Å². The fraction of sp³-hybridized carbons (Fsp3) is 0.167. The van der Waals surface area contributed by atoms with Gasteiger partial charge in [0.25, 0.3) is 5.91 Å². The molecule has 0 saturated heterocycles. The van der Waals surface area contributed by atoms with Gasteiger partial charge in [0.2, 0.25) is 0 Å². The van der Waals surface area contributed by atoms with E-state index in [1.54, 1.807) is 66.7 Å². The van der Waals surface area contributed by atoms with Crippen LogP contribution in [0.1, 0.15) is 16.7 Å². The van der Waals surface area contributed by atoms with E-state index < -0.39 is 11.5 Å². The van der Waals surface area contributed by atoms with Gasteiger partial charge < -0.3 is 24.4 Å². The monoisotopic (exact) mass is 436 g/mol. The van der Waals surface area contributed by atoms with Gasteiger partial charge in [0.15, 0.2) is 17.1 Å². The van der Waals surface area contributed by atoms with E-state index in [2.05, 4.69) is 10.5 Å². The van der Waals surface area contributed by atoms with Crippen LogP contribution in [0, 0.1) is 0 Å². The maximum atomic E-state index is 13.1. The maximum Gasteiger partial charge on any atom is 0.281 e. The molecule has 0 aliphatic rings. The summed E-state index contributed by atoms with van der Waals surface area (Å²) in [4.78, 5) is 13.1. The van der Waals surface area contributed by atoms with Gasteiger partial charge in [-0.05, 0) is 47.5 Å². The quantitative estimate of drug-likeness (QED) is 0.370. The topological polar surface area (TPSA) is 110 Å². The van der Waals surface area contributed by atoms with Gasteiger partial charge >= 0.3 is 0 Å². The molecule has 3 rings (SSSR count). The Labute approximate surface area is 185 Å². The third kappa shape index (κ3) is 4.50. The fourth-order valence-corrected chi connectivity index (χ4v) is 3.14. The molecule has 8 nitrogen and oxygen atoms in total. The zero-order chi connectivity index (χ0) is 23.1. The number of para-hydroxylation sites is 1. The number of methoxy groups -OCH3 is 3. The molecule has 0 unspecified atom stereocenters. The van der Waals surface area contributed by atoms with Crippen LogP contribution in [0.3, 0.4) is 0 Å². The molecule has 0 heterocycles. The van der Waals surface area contributed by atoms with Crippen molar-refractivity contribution in [2.75, 3.05) is 21.3 Å². The number of aromatic hydroxyl groups is 1. The number of benzene rings is 3. The predicted molar refractivity (Wildman–Crippen MR) is 119 cm³/mol. The predicted octanol–water partition coefficient (Wildman–Crippen LogP) is 2.80. The van der Waals surface area contributed by atoms with Crippen molar-refractivity contribution in [2.45, 2.75) is 5.60 Å². The van der Waals surface area contributed by atoms with Crippen LogP contribution in [-0.2, 0) is 10.4 Å². The van der Waals surface area contributed by atoms with Gasteiger partial charge in [0.05, 0.1) is 27.5 Å². The molecule has 3 aromatic rings. The van der Waals surface area contributed by atoms with E-state index in [0.717, 1.165) is 0 Å². The van der Waals surface area contributed by atoms with Crippen LogP contribution in [-0.4, -0.2) is 43.7 Å². The number of hydrogen-bond acceptors (Lipinski definition) is 7. The highest BCUT2D eigenvalue weighted by Crippen LogP contribution is 2.32. The second kappa shape index (κ2) is 9.84. The number of carbonyl (C=O) groups excluding carboxylic acids is 1. The molecule has 3 aromatic carbocycles. The number of carbonyl (C=O) groups is 1. The second-order valence-electron chi connectivity index (χ2n) is 6.76. The van der Waals surface area contributed by atoms with Crippen LogP contribution >= 0.6 is 0 Å². The number of amides is 1. The number of rotatable bonds is 8. The van der Waals surface area contributed by atoms with Crippen molar-refractivity contribution < 1.29 is 29.2 Å². The average molecular weight is 436 g/mol. The minimum atomic E-state index is -2.05. The van der Waals surface area contributed by atoms with Crippen molar-refractivity contribution in [3.8, 4) is 23.0 Å². The zero-order valence-electron chi connectivity index (χ0n) is 17.9. The molecule has 0 bridgehead atoms. The van der Waals surface area contributed by atoms with Gasteiger partial charge in [-0.25, -0.2) is 5.43 Å². The molecule has 1 amide bonds. The lowest BCUT2D eigenvalue weighted by Crippen LogP contribution is -2.43. The summed E-state index contributed by atoms with van der Waals surface area (Å²) >= 11 is 0. The van der Waals surface area contributed by atoms with E-state index in [-0.39, 0.29) is 11.5 Å². The minimum Gasteiger partial charge on any atom is -0.504 e. The van der Waals surface area contributed by atoms with Gasteiger partial charge in [-0.15, -0.1) is 0 Å². The Kier molecular flexibility index (Phi) is 6.97. The molecule has 3 N–H and O–H groups in total. The smallest absolute Gasteiger partial charge is 0.281 e. The highest BCUT2D eigenvalue weighted by Gasteiger charge is 2.40. The summed E-state index contributed by atoms with van der Waals surface area (Å²) in [5, 5.41) is 25.6. The average Bonchev–Trinajstić information content (AvgIpc) is 2.84. The first-order valence-corrected chi connectivity index (χ1v) is 9.65. The number of ether oxygens (including phenoxy) is 3. The van der Waals surface area contributed by atoms with Crippen molar-refractivity contribution >= 4 is 12.1 Å². The van der Waals surface area contributed by atoms with Crippen molar-refractivity contribution in [3.05, 3.63) is 83.4 Å². The first-order valence-electron chi connectivity index (χ1n) is 9.65. The Morgan fingerprint density at radius 1 is 0.875 bits per heavy atom. The first kappa shape index (κ1) is 22.6. The third-order valence-corrected chi connectivity index (χ3v) is 4.96. The molecule has 32 heavy (non-hydrogen) atoms. The molecule has 0 atom stereocenters. The lowest BCUT2D eigenvalue weighted by atomic mass is 9.85. The van der Waals surface area contributed by atoms with Gasteiger partial charge in [0, 0.05) is 5.56 Å². The number of nitrogens with zero attached hydrogens (tertiary/aromatic N) is 1. The molecule has 0 aliphatic heterocycles. The Hall–Kier alpha value is -4.04. The van der Waals surface area contributed by atoms with Crippen LogP contribution in [0.2, 0.25) is 0 Å².